The van der Waals surface area contributed by atoms with Crippen molar-refractivity contribution in [3.05, 3.63) is 36.7 Å². The van der Waals surface area contributed by atoms with Crippen molar-refractivity contribution in [2.75, 3.05) is 30.1 Å². The van der Waals surface area contributed by atoms with Crippen LogP contribution in [-0.4, -0.2) is 45.6 Å². The molecule has 2 aliphatic heterocycles. The lowest BCUT2D eigenvalue weighted by Gasteiger charge is -2.32. The highest BCUT2D eigenvalue weighted by Gasteiger charge is 2.26. The molecule has 0 radical (unpaired) electrons. The number of amides is 1. The maximum absolute atomic E-state index is 12.6. The Morgan fingerprint density at radius 2 is 1.96 bits per heavy atom. The number of rotatable bonds is 3. The summed E-state index contributed by atoms with van der Waals surface area (Å²) in [5.74, 6) is 2.26. The van der Waals surface area contributed by atoms with Gasteiger partial charge in [-0.15, -0.1) is 15.3 Å². The molecule has 0 bridgehead atoms. The Hall–Kier alpha value is -3.36. The number of hydrogen-bond donors (Lipinski definition) is 1. The predicted octanol–water partition coefficient (Wildman–Crippen LogP) is 1.71. The third-order valence-corrected chi connectivity index (χ3v) is 4.98. The van der Waals surface area contributed by atoms with Gasteiger partial charge in [-0.05, 0) is 37.1 Å². The molecular weight excluding hydrogens is 348 g/mol. The number of piperidine rings is 1. The van der Waals surface area contributed by atoms with Crippen molar-refractivity contribution in [1.29, 1.82) is 0 Å². The Balaban J connectivity index is 1.21. The summed E-state index contributed by atoms with van der Waals surface area (Å²) in [5.41, 5.74) is 1.45. The number of nitrogens with one attached hydrogen (secondary N) is 1. The fourth-order valence-electron chi connectivity index (χ4n) is 3.48. The van der Waals surface area contributed by atoms with Gasteiger partial charge in [-0.3, -0.25) is 4.79 Å². The first-order valence-corrected chi connectivity index (χ1v) is 8.89. The highest BCUT2D eigenvalue weighted by molar-refractivity contribution is 5.93. The number of benzene rings is 1. The minimum absolute atomic E-state index is 0.0229. The second-order valence-corrected chi connectivity index (χ2v) is 6.64. The Morgan fingerprint density at radius 1 is 1.11 bits per heavy atom. The van der Waals surface area contributed by atoms with E-state index in [1.165, 1.54) is 0 Å². The average molecular weight is 366 g/mol. The van der Waals surface area contributed by atoms with Crippen molar-refractivity contribution in [1.82, 2.24) is 19.8 Å². The van der Waals surface area contributed by atoms with Crippen molar-refractivity contribution in [2.24, 2.45) is 5.92 Å². The molecule has 4 heterocycles. The molecule has 2 aliphatic rings. The maximum atomic E-state index is 12.6. The van der Waals surface area contributed by atoms with Crippen LogP contribution in [0.2, 0.25) is 0 Å². The molecule has 138 valence electrons. The van der Waals surface area contributed by atoms with Gasteiger partial charge in [-0.25, -0.2) is 0 Å². The number of ether oxygens (including phenoxy) is 2. The van der Waals surface area contributed by atoms with Crippen LogP contribution in [0.15, 0.2) is 36.7 Å². The minimum Gasteiger partial charge on any atom is -0.454 e. The van der Waals surface area contributed by atoms with Crippen LogP contribution < -0.4 is 19.7 Å². The molecular formula is C18H18N6O3. The quantitative estimate of drug-likeness (QED) is 0.754. The zero-order chi connectivity index (χ0) is 18.2. The Bertz CT molecular complexity index is 996. The summed E-state index contributed by atoms with van der Waals surface area (Å²) in [7, 11) is 0. The summed E-state index contributed by atoms with van der Waals surface area (Å²) < 4.78 is 12.3. The van der Waals surface area contributed by atoms with Gasteiger partial charge in [0.1, 0.15) is 12.1 Å². The van der Waals surface area contributed by atoms with Crippen molar-refractivity contribution >= 4 is 23.1 Å². The van der Waals surface area contributed by atoms with Gasteiger partial charge in [0.25, 0.3) is 0 Å². The Labute approximate surface area is 154 Å². The second kappa shape index (κ2) is 6.42. The molecule has 1 saturated heterocycles. The standard InChI is InChI=1S/C18H18N6O3/c25-18(20-13-1-2-14-15(9-13)27-11-26-14)12-5-7-23(8-6-12)17-4-3-16-21-19-10-24(16)22-17/h1-4,9-10,12H,5-8,11H2,(H,20,25). The van der Waals surface area contributed by atoms with E-state index in [0.29, 0.717) is 11.5 Å². The molecule has 9 heteroatoms. The van der Waals surface area contributed by atoms with Gasteiger partial charge in [0.2, 0.25) is 12.7 Å². The number of hydrogen-bond acceptors (Lipinski definition) is 7. The number of carbonyl (C=O) groups excluding carboxylic acids is 1. The second-order valence-electron chi connectivity index (χ2n) is 6.64. The number of aromatic nitrogens is 4. The molecule has 0 spiro atoms. The zero-order valence-electron chi connectivity index (χ0n) is 14.5. The molecule has 0 unspecified atom stereocenters. The summed E-state index contributed by atoms with van der Waals surface area (Å²) >= 11 is 0. The number of nitrogens with zero attached hydrogens (tertiary/aromatic N) is 5. The maximum Gasteiger partial charge on any atom is 0.231 e. The lowest BCUT2D eigenvalue weighted by Crippen LogP contribution is -2.38. The van der Waals surface area contributed by atoms with E-state index in [9.17, 15) is 4.79 Å². The van der Waals surface area contributed by atoms with Gasteiger partial charge in [0, 0.05) is 30.8 Å². The number of carbonyl (C=O) groups is 1. The van der Waals surface area contributed by atoms with Crippen LogP contribution in [-0.2, 0) is 4.79 Å². The molecule has 1 aromatic carbocycles. The molecule has 5 rings (SSSR count). The van der Waals surface area contributed by atoms with E-state index in [1.807, 2.05) is 24.3 Å². The zero-order valence-corrected chi connectivity index (χ0v) is 14.5. The molecule has 0 aliphatic carbocycles. The van der Waals surface area contributed by atoms with E-state index in [1.54, 1.807) is 16.9 Å². The summed E-state index contributed by atoms with van der Waals surface area (Å²) in [6.07, 6.45) is 3.14. The summed E-state index contributed by atoms with van der Waals surface area (Å²) in [6, 6.07) is 9.28. The molecule has 2 aromatic heterocycles. The predicted molar refractivity (Wildman–Crippen MR) is 96.9 cm³/mol. The van der Waals surface area contributed by atoms with Gasteiger partial charge in [0.05, 0.1) is 0 Å². The first kappa shape index (κ1) is 15.9. The average Bonchev–Trinajstić information content (AvgIpc) is 3.36. The van der Waals surface area contributed by atoms with E-state index < -0.39 is 0 Å². The van der Waals surface area contributed by atoms with Gasteiger partial charge in [0.15, 0.2) is 17.1 Å². The van der Waals surface area contributed by atoms with Crippen LogP contribution in [0.4, 0.5) is 11.5 Å². The molecule has 0 atom stereocenters. The van der Waals surface area contributed by atoms with Gasteiger partial charge < -0.3 is 19.7 Å². The van der Waals surface area contributed by atoms with Crippen LogP contribution in [0.25, 0.3) is 5.65 Å². The lowest BCUT2D eigenvalue weighted by molar-refractivity contribution is -0.120. The molecule has 27 heavy (non-hydrogen) atoms. The molecule has 9 nitrogen and oxygen atoms in total. The number of anilines is 2. The highest BCUT2D eigenvalue weighted by atomic mass is 16.7. The van der Waals surface area contributed by atoms with Crippen LogP contribution in [0.1, 0.15) is 12.8 Å². The Morgan fingerprint density at radius 3 is 2.85 bits per heavy atom. The van der Waals surface area contributed by atoms with Crippen LogP contribution in [0.5, 0.6) is 11.5 Å². The summed E-state index contributed by atoms with van der Waals surface area (Å²) in [4.78, 5) is 14.8. The van der Waals surface area contributed by atoms with Crippen LogP contribution in [0, 0.1) is 5.92 Å². The van der Waals surface area contributed by atoms with E-state index in [-0.39, 0.29) is 18.6 Å². The summed E-state index contributed by atoms with van der Waals surface area (Å²) in [5, 5.41) is 15.3. The fraction of sp³-hybridized carbons (Fsp3) is 0.333. The summed E-state index contributed by atoms with van der Waals surface area (Å²) in [6.45, 7) is 1.78. The smallest absolute Gasteiger partial charge is 0.231 e. The van der Waals surface area contributed by atoms with Gasteiger partial charge in [-0.1, -0.05) is 0 Å². The van der Waals surface area contributed by atoms with E-state index in [4.69, 9.17) is 9.47 Å². The molecule has 0 saturated carbocycles. The monoisotopic (exact) mass is 366 g/mol. The van der Waals surface area contributed by atoms with Crippen molar-refractivity contribution in [3.8, 4) is 11.5 Å². The van der Waals surface area contributed by atoms with Crippen LogP contribution >= 0.6 is 0 Å². The van der Waals surface area contributed by atoms with Gasteiger partial charge >= 0.3 is 0 Å². The van der Waals surface area contributed by atoms with E-state index in [2.05, 4.69) is 25.5 Å². The van der Waals surface area contributed by atoms with E-state index in [0.717, 1.165) is 43.1 Å². The fourth-order valence-corrected chi connectivity index (χ4v) is 3.48. The van der Waals surface area contributed by atoms with Crippen molar-refractivity contribution < 1.29 is 14.3 Å². The third kappa shape index (κ3) is 3.01. The SMILES string of the molecule is O=C(Nc1ccc2c(c1)OCO2)C1CCN(c2ccc3nncn3n2)CC1. The number of fused-ring (bicyclic) bond motifs is 2. The normalized spacial score (nSPS) is 16.7. The van der Waals surface area contributed by atoms with E-state index >= 15 is 0 Å². The highest BCUT2D eigenvalue weighted by Crippen LogP contribution is 2.34. The topological polar surface area (TPSA) is 93.9 Å². The molecule has 1 fully saturated rings. The minimum atomic E-state index is -0.0229. The van der Waals surface area contributed by atoms with Crippen molar-refractivity contribution in [3.63, 3.8) is 0 Å². The first-order chi connectivity index (χ1) is 13.3. The lowest BCUT2D eigenvalue weighted by atomic mass is 9.96. The molecule has 1 amide bonds. The van der Waals surface area contributed by atoms with Crippen LogP contribution in [0.3, 0.4) is 0 Å². The van der Waals surface area contributed by atoms with Gasteiger partial charge in [-0.2, -0.15) is 4.52 Å². The largest absolute Gasteiger partial charge is 0.454 e. The Kier molecular flexibility index (Phi) is 3.77. The molecule has 3 aromatic rings. The van der Waals surface area contributed by atoms with Crippen molar-refractivity contribution in [2.45, 2.75) is 12.8 Å². The first-order valence-electron chi connectivity index (χ1n) is 8.89. The molecule has 1 N–H and O–H groups in total. The third-order valence-electron chi connectivity index (χ3n) is 4.98.